The van der Waals surface area contributed by atoms with Crippen molar-refractivity contribution >= 4 is 15.9 Å². The molecule has 1 atom stereocenters. The molecule has 1 heterocycles. The van der Waals surface area contributed by atoms with Crippen molar-refractivity contribution in [3.8, 4) is 0 Å². The molecule has 0 amide bonds. The van der Waals surface area contributed by atoms with E-state index >= 15 is 0 Å². The van der Waals surface area contributed by atoms with Crippen LogP contribution in [0.3, 0.4) is 0 Å². The first-order valence-electron chi connectivity index (χ1n) is 10.3. The smallest absolute Gasteiger partial charge is 0.301 e. The van der Waals surface area contributed by atoms with Gasteiger partial charge in [0.25, 0.3) is 0 Å². The SMILES string of the molecule is Cc1ccc(NS(=O)(=O)N2CCOC(C(c3cccc(F)c3)c3cccc(F)c3)C2)cc1. The van der Waals surface area contributed by atoms with Crippen LogP contribution in [0.1, 0.15) is 22.6 Å². The first-order chi connectivity index (χ1) is 15.3. The average molecular weight is 459 g/mol. The van der Waals surface area contributed by atoms with E-state index in [1.54, 1.807) is 36.4 Å². The molecule has 3 aromatic rings. The van der Waals surface area contributed by atoms with Gasteiger partial charge in [0.1, 0.15) is 11.6 Å². The van der Waals surface area contributed by atoms with Gasteiger partial charge in [-0.25, -0.2) is 8.78 Å². The molecule has 4 rings (SSSR count). The summed E-state index contributed by atoms with van der Waals surface area (Å²) in [7, 11) is -3.84. The van der Waals surface area contributed by atoms with Crippen molar-refractivity contribution in [1.29, 1.82) is 0 Å². The fraction of sp³-hybridized carbons (Fsp3) is 0.250. The van der Waals surface area contributed by atoms with Gasteiger partial charge in [-0.2, -0.15) is 12.7 Å². The highest BCUT2D eigenvalue weighted by atomic mass is 32.2. The fourth-order valence-corrected chi connectivity index (χ4v) is 5.15. The van der Waals surface area contributed by atoms with Gasteiger partial charge in [-0.05, 0) is 54.4 Å². The maximum atomic E-state index is 14.0. The highest BCUT2D eigenvalue weighted by molar-refractivity contribution is 7.90. The first-order valence-corrected chi connectivity index (χ1v) is 11.7. The zero-order valence-electron chi connectivity index (χ0n) is 17.5. The Morgan fingerprint density at radius 2 is 1.56 bits per heavy atom. The number of anilines is 1. The van der Waals surface area contributed by atoms with Crippen molar-refractivity contribution in [1.82, 2.24) is 4.31 Å². The van der Waals surface area contributed by atoms with Crippen molar-refractivity contribution in [2.45, 2.75) is 18.9 Å². The van der Waals surface area contributed by atoms with Crippen LogP contribution in [0.2, 0.25) is 0 Å². The lowest BCUT2D eigenvalue weighted by Crippen LogP contribution is -2.49. The van der Waals surface area contributed by atoms with Gasteiger partial charge < -0.3 is 4.74 Å². The molecule has 0 spiro atoms. The van der Waals surface area contributed by atoms with E-state index in [0.717, 1.165) is 5.56 Å². The van der Waals surface area contributed by atoms with Crippen LogP contribution in [0.5, 0.6) is 0 Å². The Morgan fingerprint density at radius 1 is 0.969 bits per heavy atom. The number of ether oxygens (including phenoxy) is 1. The molecule has 32 heavy (non-hydrogen) atoms. The molecule has 0 aromatic heterocycles. The number of aryl methyl sites for hydroxylation is 1. The maximum Gasteiger partial charge on any atom is 0.301 e. The lowest BCUT2D eigenvalue weighted by atomic mass is 9.86. The third kappa shape index (κ3) is 5.15. The van der Waals surface area contributed by atoms with Crippen molar-refractivity contribution in [3.05, 3.63) is 101 Å². The van der Waals surface area contributed by atoms with Crippen LogP contribution < -0.4 is 4.72 Å². The van der Waals surface area contributed by atoms with Crippen LogP contribution in [0, 0.1) is 18.6 Å². The van der Waals surface area contributed by atoms with E-state index in [4.69, 9.17) is 4.74 Å². The predicted octanol–water partition coefficient (Wildman–Crippen LogP) is 4.46. The second kappa shape index (κ2) is 9.36. The lowest BCUT2D eigenvalue weighted by molar-refractivity contribution is -0.00982. The monoisotopic (exact) mass is 458 g/mol. The van der Waals surface area contributed by atoms with Crippen molar-refractivity contribution in [3.63, 3.8) is 0 Å². The zero-order valence-corrected chi connectivity index (χ0v) is 18.4. The molecule has 8 heteroatoms. The molecule has 1 unspecified atom stereocenters. The lowest BCUT2D eigenvalue weighted by Gasteiger charge is -2.36. The Balaban J connectivity index is 1.63. The van der Waals surface area contributed by atoms with E-state index in [2.05, 4.69) is 4.72 Å². The van der Waals surface area contributed by atoms with Gasteiger partial charge in [0, 0.05) is 24.7 Å². The molecule has 1 saturated heterocycles. The number of hydrogen-bond acceptors (Lipinski definition) is 3. The molecule has 1 aliphatic rings. The van der Waals surface area contributed by atoms with E-state index < -0.39 is 33.9 Å². The van der Waals surface area contributed by atoms with Crippen LogP contribution in [0.15, 0.2) is 72.8 Å². The van der Waals surface area contributed by atoms with Gasteiger partial charge in [-0.1, -0.05) is 42.0 Å². The van der Waals surface area contributed by atoms with Crippen molar-refractivity contribution in [2.75, 3.05) is 24.4 Å². The third-order valence-corrected chi connectivity index (χ3v) is 6.99. The largest absolute Gasteiger partial charge is 0.374 e. The minimum Gasteiger partial charge on any atom is -0.374 e. The number of halogens is 2. The molecule has 1 aliphatic heterocycles. The summed E-state index contributed by atoms with van der Waals surface area (Å²) in [6.45, 7) is 2.31. The highest BCUT2D eigenvalue weighted by Gasteiger charge is 2.35. The fourth-order valence-electron chi connectivity index (χ4n) is 3.93. The van der Waals surface area contributed by atoms with Gasteiger partial charge in [0.15, 0.2) is 0 Å². The highest BCUT2D eigenvalue weighted by Crippen LogP contribution is 2.33. The number of rotatable bonds is 6. The summed E-state index contributed by atoms with van der Waals surface area (Å²) in [5.74, 6) is -1.39. The van der Waals surface area contributed by atoms with Gasteiger partial charge in [0.05, 0.1) is 12.7 Å². The van der Waals surface area contributed by atoms with E-state index in [9.17, 15) is 17.2 Å². The number of benzene rings is 3. The molecule has 0 aliphatic carbocycles. The molecule has 1 fully saturated rings. The van der Waals surface area contributed by atoms with Gasteiger partial charge in [0.2, 0.25) is 0 Å². The van der Waals surface area contributed by atoms with E-state index in [1.165, 1.54) is 28.6 Å². The normalized spacial score (nSPS) is 17.4. The van der Waals surface area contributed by atoms with Crippen LogP contribution >= 0.6 is 0 Å². The van der Waals surface area contributed by atoms with Crippen LogP contribution in [0.25, 0.3) is 0 Å². The Kier molecular flexibility index (Phi) is 6.55. The average Bonchev–Trinajstić information content (AvgIpc) is 2.76. The molecule has 3 aromatic carbocycles. The first kappa shape index (κ1) is 22.4. The Morgan fingerprint density at radius 3 is 2.12 bits per heavy atom. The van der Waals surface area contributed by atoms with Crippen molar-refractivity contribution < 1.29 is 21.9 Å². The summed E-state index contributed by atoms with van der Waals surface area (Å²) < 4.78 is 63.9. The van der Waals surface area contributed by atoms with E-state index in [-0.39, 0.29) is 19.7 Å². The van der Waals surface area contributed by atoms with Gasteiger partial charge >= 0.3 is 10.2 Å². The van der Waals surface area contributed by atoms with Crippen LogP contribution in [-0.4, -0.2) is 38.5 Å². The zero-order chi connectivity index (χ0) is 22.7. The molecular formula is C24H24F2N2O3S. The Bertz CT molecular complexity index is 1140. The summed E-state index contributed by atoms with van der Waals surface area (Å²) >= 11 is 0. The van der Waals surface area contributed by atoms with E-state index in [0.29, 0.717) is 16.8 Å². The molecule has 5 nitrogen and oxygen atoms in total. The molecular weight excluding hydrogens is 434 g/mol. The van der Waals surface area contributed by atoms with Crippen molar-refractivity contribution in [2.24, 2.45) is 0 Å². The topological polar surface area (TPSA) is 58.6 Å². The second-order valence-electron chi connectivity index (χ2n) is 7.83. The summed E-state index contributed by atoms with van der Waals surface area (Å²) in [6, 6.07) is 19.1. The molecule has 0 bridgehead atoms. The maximum absolute atomic E-state index is 14.0. The second-order valence-corrected chi connectivity index (χ2v) is 9.50. The van der Waals surface area contributed by atoms with E-state index in [1.807, 2.05) is 19.1 Å². The van der Waals surface area contributed by atoms with Gasteiger partial charge in [-0.3, -0.25) is 4.72 Å². The third-order valence-electron chi connectivity index (χ3n) is 5.48. The summed E-state index contributed by atoms with van der Waals surface area (Å²) in [5, 5.41) is 0. The molecule has 168 valence electrons. The number of nitrogens with zero attached hydrogens (tertiary/aromatic N) is 1. The van der Waals surface area contributed by atoms with Crippen LogP contribution in [-0.2, 0) is 14.9 Å². The number of morpholine rings is 1. The minimum absolute atomic E-state index is 0.0406. The van der Waals surface area contributed by atoms with Gasteiger partial charge in [-0.15, -0.1) is 0 Å². The predicted molar refractivity (Wildman–Crippen MR) is 120 cm³/mol. The summed E-state index contributed by atoms with van der Waals surface area (Å²) in [5.41, 5.74) is 2.66. The number of hydrogen-bond donors (Lipinski definition) is 1. The number of nitrogens with one attached hydrogen (secondary N) is 1. The van der Waals surface area contributed by atoms with Crippen LogP contribution in [0.4, 0.5) is 14.5 Å². The molecule has 0 saturated carbocycles. The summed E-state index contributed by atoms with van der Waals surface area (Å²) in [6.07, 6.45) is -0.623. The quantitative estimate of drug-likeness (QED) is 0.593. The summed E-state index contributed by atoms with van der Waals surface area (Å²) in [4.78, 5) is 0. The molecule has 1 N–H and O–H groups in total. The minimum atomic E-state index is -3.84. The Hall–Kier alpha value is -2.81. The standard InChI is InChI=1S/C24H24F2N2O3S/c1-17-8-10-22(11-9-17)27-32(29,30)28-12-13-31-23(16-28)24(18-4-2-6-20(25)14-18)19-5-3-7-21(26)15-19/h2-11,14-15,23-24,27H,12-13,16H2,1H3. The Labute approximate surface area is 186 Å². The molecule has 0 radical (unpaired) electrons.